The number of piperidine rings is 1. The van der Waals surface area contributed by atoms with E-state index in [-0.39, 0.29) is 17.4 Å². The second-order valence-corrected chi connectivity index (χ2v) is 6.89. The normalized spacial score (nSPS) is 23.7. The molecule has 1 heterocycles. The van der Waals surface area contributed by atoms with Gasteiger partial charge in [0.15, 0.2) is 0 Å². The van der Waals surface area contributed by atoms with Crippen LogP contribution in [0.2, 0.25) is 0 Å². The van der Waals surface area contributed by atoms with Crippen LogP contribution in [0.5, 0.6) is 0 Å². The fraction of sp³-hybridized carbons (Fsp3) is 0.938. The summed E-state index contributed by atoms with van der Waals surface area (Å²) in [6.07, 6.45) is 4.59. The monoisotopic (exact) mass is 268 g/mol. The molecule has 0 bridgehead atoms. The van der Waals surface area contributed by atoms with Gasteiger partial charge in [0.25, 0.3) is 0 Å². The van der Waals surface area contributed by atoms with E-state index < -0.39 is 0 Å². The van der Waals surface area contributed by atoms with Gasteiger partial charge in [-0.05, 0) is 51.1 Å². The highest BCUT2D eigenvalue weighted by Gasteiger charge is 2.37. The lowest BCUT2D eigenvalue weighted by molar-refractivity contribution is -0.133. The average molecular weight is 268 g/mol. The Kier molecular flexibility index (Phi) is 6.31. The van der Waals surface area contributed by atoms with Crippen LogP contribution in [0.3, 0.4) is 0 Å². The fourth-order valence-electron chi connectivity index (χ4n) is 2.89. The Labute approximate surface area is 118 Å². The summed E-state index contributed by atoms with van der Waals surface area (Å²) in [7, 11) is 0. The maximum absolute atomic E-state index is 12.5. The van der Waals surface area contributed by atoms with Crippen molar-refractivity contribution in [1.29, 1.82) is 0 Å². The van der Waals surface area contributed by atoms with Gasteiger partial charge in [-0.2, -0.15) is 0 Å². The van der Waals surface area contributed by atoms with Crippen LogP contribution in [-0.4, -0.2) is 25.0 Å². The third-order valence-corrected chi connectivity index (χ3v) is 4.73. The van der Waals surface area contributed by atoms with E-state index in [4.69, 9.17) is 0 Å². The summed E-state index contributed by atoms with van der Waals surface area (Å²) in [4.78, 5) is 12.5. The fourth-order valence-corrected chi connectivity index (χ4v) is 2.89. The predicted octanol–water partition coefficient (Wildman–Crippen LogP) is 2.95. The number of hydrogen-bond acceptors (Lipinski definition) is 2. The molecule has 1 saturated heterocycles. The molecule has 0 spiro atoms. The first kappa shape index (κ1) is 16.5. The van der Waals surface area contributed by atoms with Crippen LogP contribution >= 0.6 is 0 Å². The molecule has 0 radical (unpaired) electrons. The number of carbonyl (C=O) groups is 1. The summed E-state index contributed by atoms with van der Waals surface area (Å²) in [5.74, 6) is 1.35. The molecular formula is C16H32N2O. The zero-order valence-electron chi connectivity index (χ0n) is 13.4. The average Bonchev–Trinajstić information content (AvgIpc) is 2.39. The molecule has 112 valence electrons. The zero-order valence-corrected chi connectivity index (χ0v) is 13.4. The molecule has 1 rings (SSSR count). The van der Waals surface area contributed by atoms with Crippen LogP contribution in [0.4, 0.5) is 0 Å². The van der Waals surface area contributed by atoms with E-state index in [2.05, 4.69) is 45.3 Å². The minimum atomic E-state index is -0.267. The molecule has 3 atom stereocenters. The molecule has 1 aliphatic rings. The van der Waals surface area contributed by atoms with Crippen LogP contribution in [0.1, 0.15) is 60.3 Å². The van der Waals surface area contributed by atoms with E-state index in [0.29, 0.717) is 11.8 Å². The predicted molar refractivity (Wildman–Crippen MR) is 81.1 cm³/mol. The summed E-state index contributed by atoms with van der Waals surface area (Å²) < 4.78 is 0. The SMILES string of the molecule is CCC(C)CC(C)NC(=O)C(C)(C)C1CCCNC1. The first-order valence-corrected chi connectivity index (χ1v) is 7.89. The quantitative estimate of drug-likeness (QED) is 0.777. The molecule has 0 aromatic carbocycles. The number of carbonyl (C=O) groups excluding carboxylic acids is 1. The van der Waals surface area contributed by atoms with Crippen molar-refractivity contribution in [2.75, 3.05) is 13.1 Å². The van der Waals surface area contributed by atoms with Gasteiger partial charge in [0.05, 0.1) is 0 Å². The van der Waals surface area contributed by atoms with Crippen LogP contribution in [0.15, 0.2) is 0 Å². The summed E-state index contributed by atoms with van der Waals surface area (Å²) in [5, 5.41) is 6.63. The molecule has 1 aliphatic heterocycles. The van der Waals surface area contributed by atoms with Gasteiger partial charge in [0.1, 0.15) is 0 Å². The Balaban J connectivity index is 2.50. The number of hydrogen-bond donors (Lipinski definition) is 2. The molecule has 19 heavy (non-hydrogen) atoms. The van der Waals surface area contributed by atoms with Crippen LogP contribution < -0.4 is 10.6 Å². The third kappa shape index (κ3) is 4.79. The van der Waals surface area contributed by atoms with Crippen molar-refractivity contribution in [1.82, 2.24) is 10.6 Å². The van der Waals surface area contributed by atoms with Gasteiger partial charge in [-0.15, -0.1) is 0 Å². The van der Waals surface area contributed by atoms with Crippen molar-refractivity contribution in [3.05, 3.63) is 0 Å². The van der Waals surface area contributed by atoms with Gasteiger partial charge in [-0.1, -0.05) is 34.1 Å². The van der Waals surface area contributed by atoms with Crippen LogP contribution in [0.25, 0.3) is 0 Å². The van der Waals surface area contributed by atoms with E-state index in [0.717, 1.165) is 25.9 Å². The van der Waals surface area contributed by atoms with E-state index >= 15 is 0 Å². The number of amides is 1. The topological polar surface area (TPSA) is 41.1 Å². The first-order chi connectivity index (χ1) is 8.87. The highest BCUT2D eigenvalue weighted by molar-refractivity contribution is 5.82. The standard InChI is InChI=1S/C16H32N2O/c1-6-12(2)10-13(3)18-15(19)16(4,5)14-8-7-9-17-11-14/h12-14,17H,6-11H2,1-5H3,(H,18,19). The number of rotatable bonds is 6. The van der Waals surface area contributed by atoms with Gasteiger partial charge in [-0.3, -0.25) is 4.79 Å². The van der Waals surface area contributed by atoms with E-state index in [9.17, 15) is 4.79 Å². The lowest BCUT2D eigenvalue weighted by Crippen LogP contribution is -2.49. The van der Waals surface area contributed by atoms with Gasteiger partial charge in [0.2, 0.25) is 5.91 Å². The highest BCUT2D eigenvalue weighted by Crippen LogP contribution is 2.32. The summed E-state index contributed by atoms with van der Waals surface area (Å²) in [6.45, 7) is 12.8. The van der Waals surface area contributed by atoms with Crippen molar-refractivity contribution in [3.8, 4) is 0 Å². The van der Waals surface area contributed by atoms with Crippen molar-refractivity contribution in [3.63, 3.8) is 0 Å². The van der Waals surface area contributed by atoms with Crippen molar-refractivity contribution >= 4 is 5.91 Å². The van der Waals surface area contributed by atoms with E-state index in [1.165, 1.54) is 12.8 Å². The first-order valence-electron chi connectivity index (χ1n) is 7.89. The second-order valence-electron chi connectivity index (χ2n) is 6.89. The molecule has 0 aromatic heterocycles. The maximum atomic E-state index is 12.5. The molecule has 3 heteroatoms. The van der Waals surface area contributed by atoms with Crippen LogP contribution in [0, 0.1) is 17.3 Å². The summed E-state index contributed by atoms with van der Waals surface area (Å²) in [6, 6.07) is 0.276. The molecule has 3 unspecified atom stereocenters. The van der Waals surface area contributed by atoms with Crippen LogP contribution in [-0.2, 0) is 4.79 Å². The molecule has 1 fully saturated rings. The van der Waals surface area contributed by atoms with Crippen molar-refractivity contribution < 1.29 is 4.79 Å². The molecule has 1 amide bonds. The summed E-state index contributed by atoms with van der Waals surface area (Å²) >= 11 is 0. The lowest BCUT2D eigenvalue weighted by Gasteiger charge is -2.37. The molecule has 0 aromatic rings. The molecule has 0 aliphatic carbocycles. The van der Waals surface area contributed by atoms with Gasteiger partial charge in [-0.25, -0.2) is 0 Å². The van der Waals surface area contributed by atoms with Gasteiger partial charge in [0, 0.05) is 11.5 Å². The molecule has 3 nitrogen and oxygen atoms in total. The Morgan fingerprint density at radius 3 is 2.63 bits per heavy atom. The second kappa shape index (κ2) is 7.28. The van der Waals surface area contributed by atoms with E-state index in [1.54, 1.807) is 0 Å². The Morgan fingerprint density at radius 2 is 2.11 bits per heavy atom. The van der Waals surface area contributed by atoms with Gasteiger partial charge >= 0.3 is 0 Å². The Morgan fingerprint density at radius 1 is 1.42 bits per heavy atom. The smallest absolute Gasteiger partial charge is 0.226 e. The van der Waals surface area contributed by atoms with Gasteiger partial charge < -0.3 is 10.6 Å². The Hall–Kier alpha value is -0.570. The maximum Gasteiger partial charge on any atom is 0.226 e. The minimum absolute atomic E-state index is 0.219. The molecular weight excluding hydrogens is 236 g/mol. The number of nitrogens with one attached hydrogen (secondary N) is 2. The van der Waals surface area contributed by atoms with Crippen molar-refractivity contribution in [2.24, 2.45) is 17.3 Å². The minimum Gasteiger partial charge on any atom is -0.353 e. The van der Waals surface area contributed by atoms with E-state index in [1.807, 2.05) is 0 Å². The molecule has 0 saturated carbocycles. The third-order valence-electron chi connectivity index (χ3n) is 4.73. The largest absolute Gasteiger partial charge is 0.353 e. The highest BCUT2D eigenvalue weighted by atomic mass is 16.2. The zero-order chi connectivity index (χ0) is 14.5. The summed E-state index contributed by atoms with van der Waals surface area (Å²) in [5.41, 5.74) is -0.267. The lowest BCUT2D eigenvalue weighted by atomic mass is 9.74. The van der Waals surface area contributed by atoms with Crippen molar-refractivity contribution in [2.45, 2.75) is 66.3 Å². The Bertz CT molecular complexity index is 282. The molecule has 2 N–H and O–H groups in total.